The molecule has 0 spiro atoms. The van der Waals surface area contributed by atoms with Crippen LogP contribution in [0.15, 0.2) is 0 Å². The van der Waals surface area contributed by atoms with Crippen LogP contribution in [-0.4, -0.2) is 37.2 Å². The van der Waals surface area contributed by atoms with Gasteiger partial charge in [0, 0.05) is 18.9 Å². The van der Waals surface area contributed by atoms with Crippen molar-refractivity contribution in [3.8, 4) is 12.0 Å². The number of nitrogens with zero attached hydrogens (tertiary/aromatic N) is 1. The third kappa shape index (κ3) is 3.90. The number of cyclic esters (lactones) is 1. The van der Waals surface area contributed by atoms with E-state index in [1.54, 1.807) is 0 Å². The van der Waals surface area contributed by atoms with Crippen molar-refractivity contribution in [3.63, 3.8) is 0 Å². The molecule has 1 rings (SSSR count). The first-order valence-corrected chi connectivity index (χ1v) is 4.73. The van der Waals surface area contributed by atoms with E-state index in [4.69, 9.17) is 0 Å². The van der Waals surface area contributed by atoms with Gasteiger partial charge >= 0.3 is 12.1 Å². The standard InChI is InChI=1S/C10H13NO4/c1-14-9(12)5-3-2-4-6-11-7-8-15-10(11)13/h2-3,5,7-8H2,1H3. The molecule has 5 heteroatoms. The molecule has 82 valence electrons. The number of amides is 1. The third-order valence-electron chi connectivity index (χ3n) is 1.89. The van der Waals surface area contributed by atoms with Crippen molar-refractivity contribution in [1.29, 1.82) is 0 Å². The summed E-state index contributed by atoms with van der Waals surface area (Å²) in [6.45, 7) is 0.915. The maximum Gasteiger partial charge on any atom is 0.421 e. The van der Waals surface area contributed by atoms with Crippen molar-refractivity contribution in [2.75, 3.05) is 20.3 Å². The van der Waals surface area contributed by atoms with Crippen LogP contribution in [0, 0.1) is 12.0 Å². The van der Waals surface area contributed by atoms with Crippen LogP contribution in [0.1, 0.15) is 19.3 Å². The van der Waals surface area contributed by atoms with E-state index in [-0.39, 0.29) is 5.97 Å². The normalized spacial score (nSPS) is 14.2. The zero-order valence-corrected chi connectivity index (χ0v) is 8.62. The van der Waals surface area contributed by atoms with E-state index >= 15 is 0 Å². The quantitative estimate of drug-likeness (QED) is 0.392. The number of hydrogen-bond donors (Lipinski definition) is 0. The molecular weight excluding hydrogens is 198 g/mol. The molecule has 1 amide bonds. The number of rotatable bonds is 3. The molecule has 1 saturated heterocycles. The summed E-state index contributed by atoms with van der Waals surface area (Å²) in [6.07, 6.45) is 1.17. The van der Waals surface area contributed by atoms with Crippen LogP contribution in [0.25, 0.3) is 0 Å². The fourth-order valence-corrected chi connectivity index (χ4v) is 1.07. The van der Waals surface area contributed by atoms with Crippen LogP contribution >= 0.6 is 0 Å². The Labute approximate surface area is 88.3 Å². The number of ether oxygens (including phenoxy) is 2. The summed E-state index contributed by atoms with van der Waals surface area (Å²) in [5.41, 5.74) is 0. The second-order valence-electron chi connectivity index (χ2n) is 2.98. The van der Waals surface area contributed by atoms with Crippen molar-refractivity contribution in [3.05, 3.63) is 0 Å². The monoisotopic (exact) mass is 211 g/mol. The first-order chi connectivity index (χ1) is 7.24. The Morgan fingerprint density at radius 2 is 2.47 bits per heavy atom. The van der Waals surface area contributed by atoms with Crippen LogP contribution in [0.2, 0.25) is 0 Å². The molecule has 5 nitrogen and oxygen atoms in total. The number of carbonyl (C=O) groups is 2. The summed E-state index contributed by atoms with van der Waals surface area (Å²) in [4.78, 5) is 23.0. The molecule has 1 aliphatic rings. The fourth-order valence-electron chi connectivity index (χ4n) is 1.07. The molecule has 1 aliphatic heterocycles. The lowest BCUT2D eigenvalue weighted by Gasteiger charge is -1.99. The lowest BCUT2D eigenvalue weighted by Crippen LogP contribution is -2.17. The number of methoxy groups -OCH3 is 1. The van der Waals surface area contributed by atoms with Gasteiger partial charge in [-0.05, 0) is 6.42 Å². The highest BCUT2D eigenvalue weighted by atomic mass is 16.6. The van der Waals surface area contributed by atoms with E-state index in [9.17, 15) is 9.59 Å². The van der Waals surface area contributed by atoms with Gasteiger partial charge in [-0.15, -0.1) is 0 Å². The lowest BCUT2D eigenvalue weighted by atomic mass is 10.2. The minimum Gasteiger partial charge on any atom is -0.469 e. The van der Waals surface area contributed by atoms with Crippen LogP contribution in [-0.2, 0) is 14.3 Å². The van der Waals surface area contributed by atoms with Gasteiger partial charge in [0.15, 0.2) is 0 Å². The highest BCUT2D eigenvalue weighted by molar-refractivity contribution is 5.71. The summed E-state index contributed by atoms with van der Waals surface area (Å²) >= 11 is 0. The highest BCUT2D eigenvalue weighted by Gasteiger charge is 2.19. The SMILES string of the molecule is COC(=O)CCCC#CN1CCOC1=O. The van der Waals surface area contributed by atoms with Crippen molar-refractivity contribution < 1.29 is 19.1 Å². The second-order valence-corrected chi connectivity index (χ2v) is 2.98. The van der Waals surface area contributed by atoms with Crippen molar-refractivity contribution >= 4 is 12.1 Å². The molecule has 15 heavy (non-hydrogen) atoms. The Hall–Kier alpha value is -1.70. The zero-order valence-electron chi connectivity index (χ0n) is 8.62. The van der Waals surface area contributed by atoms with Gasteiger partial charge in [0.1, 0.15) is 6.61 Å². The Balaban J connectivity index is 2.16. The van der Waals surface area contributed by atoms with Gasteiger partial charge in [0.25, 0.3) is 0 Å². The predicted molar refractivity (Wildman–Crippen MR) is 51.7 cm³/mol. The van der Waals surface area contributed by atoms with E-state index < -0.39 is 6.09 Å². The van der Waals surface area contributed by atoms with Gasteiger partial charge in [-0.2, -0.15) is 0 Å². The smallest absolute Gasteiger partial charge is 0.421 e. The number of carbonyl (C=O) groups excluding carboxylic acids is 2. The van der Waals surface area contributed by atoms with Crippen molar-refractivity contribution in [2.45, 2.75) is 19.3 Å². The average molecular weight is 211 g/mol. The van der Waals surface area contributed by atoms with Crippen LogP contribution in [0.5, 0.6) is 0 Å². The van der Waals surface area contributed by atoms with Gasteiger partial charge in [0.2, 0.25) is 0 Å². The van der Waals surface area contributed by atoms with E-state index in [1.165, 1.54) is 12.0 Å². The minimum atomic E-state index is -0.393. The van der Waals surface area contributed by atoms with Gasteiger partial charge in [-0.25, -0.2) is 9.69 Å². The summed E-state index contributed by atoms with van der Waals surface area (Å²) in [5, 5.41) is 0. The second kappa shape index (κ2) is 5.91. The van der Waals surface area contributed by atoms with E-state index in [0.29, 0.717) is 32.4 Å². The van der Waals surface area contributed by atoms with E-state index in [1.807, 2.05) is 0 Å². The Bertz CT molecular complexity index is 302. The molecule has 0 saturated carbocycles. The molecule has 0 aromatic rings. The van der Waals surface area contributed by atoms with Gasteiger partial charge < -0.3 is 9.47 Å². The summed E-state index contributed by atoms with van der Waals surface area (Å²) in [5.74, 6) is 2.57. The Morgan fingerprint density at radius 1 is 1.67 bits per heavy atom. The van der Waals surface area contributed by atoms with Crippen molar-refractivity contribution in [1.82, 2.24) is 4.90 Å². The molecule has 0 N–H and O–H groups in total. The first-order valence-electron chi connectivity index (χ1n) is 4.73. The predicted octanol–water partition coefficient (Wildman–Crippen LogP) is 0.743. The molecule has 1 fully saturated rings. The molecule has 0 unspecified atom stereocenters. The number of esters is 1. The number of hydrogen-bond acceptors (Lipinski definition) is 4. The molecule has 0 radical (unpaired) electrons. The molecule has 0 aromatic heterocycles. The highest BCUT2D eigenvalue weighted by Crippen LogP contribution is 2.01. The summed E-state index contributed by atoms with van der Waals surface area (Å²) in [7, 11) is 1.36. The fraction of sp³-hybridized carbons (Fsp3) is 0.600. The number of unbranched alkanes of at least 4 members (excludes halogenated alkanes) is 1. The van der Waals surface area contributed by atoms with Gasteiger partial charge in [0.05, 0.1) is 13.7 Å². The average Bonchev–Trinajstić information content (AvgIpc) is 2.63. The van der Waals surface area contributed by atoms with Crippen molar-refractivity contribution in [2.24, 2.45) is 0 Å². The van der Waals surface area contributed by atoms with E-state index in [2.05, 4.69) is 21.4 Å². The maximum atomic E-state index is 10.9. The topological polar surface area (TPSA) is 55.8 Å². The van der Waals surface area contributed by atoms with Crippen LogP contribution < -0.4 is 0 Å². The maximum absolute atomic E-state index is 10.9. The van der Waals surface area contributed by atoms with Gasteiger partial charge in [-0.1, -0.05) is 5.92 Å². The van der Waals surface area contributed by atoms with Crippen LogP contribution in [0.3, 0.4) is 0 Å². The molecule has 0 aromatic carbocycles. The molecule has 0 bridgehead atoms. The Morgan fingerprint density at radius 3 is 3.07 bits per heavy atom. The van der Waals surface area contributed by atoms with Gasteiger partial charge in [-0.3, -0.25) is 4.79 Å². The molecular formula is C10H13NO4. The molecule has 0 atom stereocenters. The minimum absolute atomic E-state index is 0.239. The molecule has 1 heterocycles. The van der Waals surface area contributed by atoms with E-state index in [0.717, 1.165) is 0 Å². The lowest BCUT2D eigenvalue weighted by molar-refractivity contribution is -0.140. The third-order valence-corrected chi connectivity index (χ3v) is 1.89. The summed E-state index contributed by atoms with van der Waals surface area (Å²) < 4.78 is 9.16. The van der Waals surface area contributed by atoms with Crippen LogP contribution in [0.4, 0.5) is 4.79 Å². The zero-order chi connectivity index (χ0) is 11.1. The largest absolute Gasteiger partial charge is 0.469 e. The summed E-state index contributed by atoms with van der Waals surface area (Å²) in [6, 6.07) is 2.68. The first kappa shape index (κ1) is 11.4. The Kier molecular flexibility index (Phi) is 4.48. The molecule has 0 aliphatic carbocycles.